The van der Waals surface area contributed by atoms with E-state index in [0.29, 0.717) is 6.04 Å². The van der Waals surface area contributed by atoms with Gasteiger partial charge < -0.3 is 19.5 Å². The Labute approximate surface area is 152 Å². The van der Waals surface area contributed by atoms with Crippen LogP contribution in [-0.4, -0.2) is 47.3 Å². The van der Waals surface area contributed by atoms with Crippen LogP contribution in [0.3, 0.4) is 0 Å². The third-order valence-electron chi connectivity index (χ3n) is 5.32. The average molecular weight is 349 g/mol. The van der Waals surface area contributed by atoms with Gasteiger partial charge in [-0.1, -0.05) is 18.2 Å². The van der Waals surface area contributed by atoms with E-state index < -0.39 is 0 Å². The number of hydrogen-bond donors (Lipinski definition) is 1. The highest BCUT2D eigenvalue weighted by Gasteiger charge is 2.30. The third kappa shape index (κ3) is 2.44. The number of aryl methyl sites for hydroxylation is 1. The SMILES string of the molecule is Cc1cc2c(N3c4ccccc4CC3C)nc(N3CCOCC3)nc2[nH]1. The maximum atomic E-state index is 5.49. The van der Waals surface area contributed by atoms with Crippen molar-refractivity contribution >= 4 is 28.5 Å². The molecule has 0 radical (unpaired) electrons. The molecule has 0 spiro atoms. The van der Waals surface area contributed by atoms with Crippen LogP contribution in [0.1, 0.15) is 18.2 Å². The number of ether oxygens (including phenoxy) is 1. The van der Waals surface area contributed by atoms with E-state index in [0.717, 1.165) is 61.2 Å². The first-order valence-electron chi connectivity index (χ1n) is 9.28. The Bertz CT molecular complexity index is 960. The molecule has 1 aromatic carbocycles. The standard InChI is InChI=1S/C20H23N5O/c1-13-11-16-18(21-13)22-20(24-7-9-26-10-8-24)23-19(16)25-14(2)12-15-5-3-4-6-17(15)25/h3-6,11,14H,7-10,12H2,1-2H3,(H,21,22,23). The van der Waals surface area contributed by atoms with E-state index in [1.165, 1.54) is 11.3 Å². The van der Waals surface area contributed by atoms with Gasteiger partial charge in [-0.15, -0.1) is 0 Å². The van der Waals surface area contributed by atoms with Crippen LogP contribution >= 0.6 is 0 Å². The largest absolute Gasteiger partial charge is 0.378 e. The van der Waals surface area contributed by atoms with Crippen molar-refractivity contribution in [2.24, 2.45) is 0 Å². The predicted molar refractivity (Wildman–Crippen MR) is 103 cm³/mol. The van der Waals surface area contributed by atoms with Crippen LogP contribution in [0.5, 0.6) is 0 Å². The number of anilines is 3. The first kappa shape index (κ1) is 15.6. The van der Waals surface area contributed by atoms with E-state index >= 15 is 0 Å². The van der Waals surface area contributed by atoms with Crippen molar-refractivity contribution in [1.29, 1.82) is 0 Å². The highest BCUT2D eigenvalue weighted by Crippen LogP contribution is 2.40. The molecular formula is C20H23N5O. The van der Waals surface area contributed by atoms with Gasteiger partial charge in [-0.25, -0.2) is 0 Å². The second-order valence-corrected chi connectivity index (χ2v) is 7.21. The predicted octanol–water partition coefficient (Wildman–Crippen LogP) is 3.19. The molecule has 0 bridgehead atoms. The molecule has 6 heteroatoms. The minimum Gasteiger partial charge on any atom is -0.378 e. The van der Waals surface area contributed by atoms with Gasteiger partial charge >= 0.3 is 0 Å². The van der Waals surface area contributed by atoms with Crippen molar-refractivity contribution in [2.45, 2.75) is 26.3 Å². The Kier molecular flexibility index (Phi) is 3.60. The van der Waals surface area contributed by atoms with Crippen LogP contribution in [0.25, 0.3) is 11.0 Å². The number of para-hydroxylation sites is 1. The number of fused-ring (bicyclic) bond motifs is 2. The van der Waals surface area contributed by atoms with Gasteiger partial charge in [0.05, 0.1) is 18.6 Å². The minimum absolute atomic E-state index is 0.373. The lowest BCUT2D eigenvalue weighted by Gasteiger charge is -2.29. The van der Waals surface area contributed by atoms with Crippen LogP contribution in [0.2, 0.25) is 0 Å². The second-order valence-electron chi connectivity index (χ2n) is 7.21. The van der Waals surface area contributed by atoms with Crippen LogP contribution in [0, 0.1) is 6.92 Å². The normalized spacial score (nSPS) is 20.0. The Morgan fingerprint density at radius 2 is 1.96 bits per heavy atom. The highest BCUT2D eigenvalue weighted by molar-refractivity contribution is 5.92. The lowest BCUT2D eigenvalue weighted by molar-refractivity contribution is 0.122. The van der Waals surface area contributed by atoms with Crippen molar-refractivity contribution in [3.63, 3.8) is 0 Å². The number of hydrogen-bond acceptors (Lipinski definition) is 5. The summed E-state index contributed by atoms with van der Waals surface area (Å²) in [6.45, 7) is 7.45. The van der Waals surface area contributed by atoms with Crippen LogP contribution in [-0.2, 0) is 11.2 Å². The molecule has 4 heterocycles. The summed E-state index contributed by atoms with van der Waals surface area (Å²) in [5, 5.41) is 1.09. The summed E-state index contributed by atoms with van der Waals surface area (Å²) >= 11 is 0. The summed E-state index contributed by atoms with van der Waals surface area (Å²) in [4.78, 5) is 17.8. The zero-order valence-corrected chi connectivity index (χ0v) is 15.2. The molecule has 1 saturated heterocycles. The van der Waals surface area contributed by atoms with E-state index in [1.54, 1.807) is 0 Å². The molecule has 1 fully saturated rings. The van der Waals surface area contributed by atoms with Gasteiger partial charge in [-0.2, -0.15) is 9.97 Å². The number of morpholine rings is 1. The van der Waals surface area contributed by atoms with Gasteiger partial charge in [-0.05, 0) is 38.0 Å². The maximum Gasteiger partial charge on any atom is 0.229 e. The van der Waals surface area contributed by atoms with E-state index in [4.69, 9.17) is 14.7 Å². The van der Waals surface area contributed by atoms with Crippen LogP contribution in [0.15, 0.2) is 30.3 Å². The summed E-state index contributed by atoms with van der Waals surface area (Å²) in [6.07, 6.45) is 1.04. The van der Waals surface area contributed by atoms with Gasteiger partial charge in [0.2, 0.25) is 5.95 Å². The maximum absolute atomic E-state index is 5.49. The summed E-state index contributed by atoms with van der Waals surface area (Å²) in [6, 6.07) is 11.2. The first-order valence-corrected chi connectivity index (χ1v) is 9.28. The monoisotopic (exact) mass is 349 g/mol. The van der Waals surface area contributed by atoms with Gasteiger partial charge in [0.1, 0.15) is 11.5 Å². The first-order chi connectivity index (χ1) is 12.7. The van der Waals surface area contributed by atoms with Crippen molar-refractivity contribution in [3.05, 3.63) is 41.6 Å². The fraction of sp³-hybridized carbons (Fsp3) is 0.400. The molecule has 5 rings (SSSR count). The van der Waals surface area contributed by atoms with Gasteiger partial charge in [0.25, 0.3) is 0 Å². The summed E-state index contributed by atoms with van der Waals surface area (Å²) < 4.78 is 5.49. The molecule has 0 saturated carbocycles. The number of H-pyrrole nitrogens is 1. The summed E-state index contributed by atoms with van der Waals surface area (Å²) in [7, 11) is 0. The molecule has 1 N–H and O–H groups in total. The van der Waals surface area contributed by atoms with Gasteiger partial charge in [0, 0.05) is 30.5 Å². The smallest absolute Gasteiger partial charge is 0.229 e. The van der Waals surface area contributed by atoms with E-state index in [9.17, 15) is 0 Å². The fourth-order valence-electron chi connectivity index (χ4n) is 4.09. The van der Waals surface area contributed by atoms with Crippen molar-refractivity contribution < 1.29 is 4.74 Å². The van der Waals surface area contributed by atoms with Crippen molar-refractivity contribution in [2.75, 3.05) is 36.1 Å². The Hall–Kier alpha value is -2.60. The molecule has 1 unspecified atom stereocenters. The molecule has 0 amide bonds. The van der Waals surface area contributed by atoms with Gasteiger partial charge in [-0.3, -0.25) is 0 Å². The molecule has 2 aliphatic rings. The quantitative estimate of drug-likeness (QED) is 0.770. The third-order valence-corrected chi connectivity index (χ3v) is 5.32. The number of aromatic nitrogens is 3. The fourth-order valence-corrected chi connectivity index (χ4v) is 4.09. The second kappa shape index (κ2) is 5.99. The summed E-state index contributed by atoms with van der Waals surface area (Å²) in [5.41, 5.74) is 4.65. The average Bonchev–Trinajstić information content (AvgIpc) is 3.19. The summed E-state index contributed by atoms with van der Waals surface area (Å²) in [5.74, 6) is 1.78. The molecule has 3 aromatic rings. The van der Waals surface area contributed by atoms with Gasteiger partial charge in [0.15, 0.2) is 0 Å². The van der Waals surface area contributed by atoms with E-state index in [-0.39, 0.29) is 0 Å². The minimum atomic E-state index is 0.373. The number of nitrogens with one attached hydrogen (secondary N) is 1. The number of benzene rings is 1. The van der Waals surface area contributed by atoms with Crippen molar-refractivity contribution in [1.82, 2.24) is 15.0 Å². The number of nitrogens with zero attached hydrogens (tertiary/aromatic N) is 4. The highest BCUT2D eigenvalue weighted by atomic mass is 16.5. The molecule has 0 aliphatic carbocycles. The molecular weight excluding hydrogens is 326 g/mol. The van der Waals surface area contributed by atoms with E-state index in [1.807, 2.05) is 0 Å². The zero-order valence-electron chi connectivity index (χ0n) is 15.2. The van der Waals surface area contributed by atoms with Crippen LogP contribution < -0.4 is 9.80 Å². The Balaban J connectivity index is 1.69. The molecule has 1 atom stereocenters. The Morgan fingerprint density at radius 3 is 2.81 bits per heavy atom. The topological polar surface area (TPSA) is 57.3 Å². The van der Waals surface area contributed by atoms with Crippen LogP contribution in [0.4, 0.5) is 17.5 Å². The lowest BCUT2D eigenvalue weighted by Crippen LogP contribution is -2.37. The lowest BCUT2D eigenvalue weighted by atomic mass is 10.1. The molecule has 6 nitrogen and oxygen atoms in total. The van der Waals surface area contributed by atoms with Crippen molar-refractivity contribution in [3.8, 4) is 0 Å². The molecule has 26 heavy (non-hydrogen) atoms. The number of aromatic amines is 1. The zero-order chi connectivity index (χ0) is 17.7. The molecule has 2 aliphatic heterocycles. The van der Waals surface area contributed by atoms with E-state index in [2.05, 4.69) is 59.0 Å². The Morgan fingerprint density at radius 1 is 1.15 bits per heavy atom. The molecule has 2 aromatic heterocycles. The number of rotatable bonds is 2. The molecule has 134 valence electrons.